The highest BCUT2D eigenvalue weighted by atomic mass is 19.1. The molecule has 136 valence electrons. The molecule has 2 aliphatic heterocycles. The van der Waals surface area contributed by atoms with Crippen molar-refractivity contribution >= 4 is 5.83 Å². The van der Waals surface area contributed by atoms with Crippen LogP contribution in [0.3, 0.4) is 0 Å². The molecule has 0 spiro atoms. The molecular weight excluding hydrogens is 331 g/mol. The number of allylic oxidation sites excluding steroid dienone is 1. The fraction of sp³-hybridized carbons (Fsp3) is 0.500. The van der Waals surface area contributed by atoms with Gasteiger partial charge in [0.1, 0.15) is 5.83 Å². The Morgan fingerprint density at radius 3 is 2.73 bits per heavy atom. The third kappa shape index (κ3) is 2.51. The Labute approximate surface area is 152 Å². The molecule has 2 aromatic rings. The Morgan fingerprint density at radius 1 is 1.23 bits per heavy atom. The summed E-state index contributed by atoms with van der Waals surface area (Å²) >= 11 is 0. The van der Waals surface area contributed by atoms with E-state index in [0.29, 0.717) is 30.0 Å². The van der Waals surface area contributed by atoms with E-state index in [1.807, 2.05) is 12.3 Å². The van der Waals surface area contributed by atoms with Gasteiger partial charge in [-0.05, 0) is 32.1 Å². The van der Waals surface area contributed by atoms with Crippen LogP contribution in [0.1, 0.15) is 42.8 Å². The molecule has 3 aliphatic rings. The molecule has 2 fully saturated rings. The quantitative estimate of drug-likeness (QED) is 0.846. The molecule has 1 aliphatic carbocycles. The minimum Gasteiger partial charge on any atom is -0.378 e. The minimum absolute atomic E-state index is 0.171. The molecule has 5 rings (SSSR count). The second-order valence-corrected chi connectivity index (χ2v) is 7.81. The van der Waals surface area contributed by atoms with E-state index in [-0.39, 0.29) is 5.83 Å². The van der Waals surface area contributed by atoms with Crippen LogP contribution in [0.2, 0.25) is 0 Å². The number of fused-ring (bicyclic) bond motifs is 1. The Hall–Kier alpha value is -2.05. The predicted molar refractivity (Wildman–Crippen MR) is 97.6 cm³/mol. The van der Waals surface area contributed by atoms with Crippen LogP contribution < -0.4 is 0 Å². The lowest BCUT2D eigenvalue weighted by atomic mass is 9.92. The van der Waals surface area contributed by atoms with Gasteiger partial charge < -0.3 is 4.74 Å². The first kappa shape index (κ1) is 16.1. The summed E-state index contributed by atoms with van der Waals surface area (Å²) in [7, 11) is 0. The van der Waals surface area contributed by atoms with Gasteiger partial charge in [-0.3, -0.25) is 14.6 Å². The van der Waals surface area contributed by atoms with Crippen molar-refractivity contribution in [3.05, 3.63) is 41.4 Å². The van der Waals surface area contributed by atoms with Gasteiger partial charge in [0.05, 0.1) is 30.6 Å². The Morgan fingerprint density at radius 2 is 2.04 bits per heavy atom. The summed E-state index contributed by atoms with van der Waals surface area (Å²) in [6, 6.07) is 4.94. The molecule has 0 aromatic carbocycles. The van der Waals surface area contributed by atoms with Crippen LogP contribution in [0.15, 0.2) is 24.4 Å². The molecule has 0 radical (unpaired) electrons. The van der Waals surface area contributed by atoms with Crippen LogP contribution in [-0.4, -0.2) is 52.0 Å². The molecule has 4 heterocycles. The average Bonchev–Trinajstić information content (AvgIpc) is 3.13. The third-order valence-corrected chi connectivity index (χ3v) is 5.72. The molecule has 2 aromatic heterocycles. The number of likely N-dealkylation sites (tertiary alicyclic amines) is 1. The Balaban J connectivity index is 1.44. The van der Waals surface area contributed by atoms with E-state index in [1.54, 1.807) is 6.08 Å². The van der Waals surface area contributed by atoms with Crippen molar-refractivity contribution in [2.24, 2.45) is 0 Å². The number of hydrogen-bond acceptors (Lipinski definition) is 4. The zero-order valence-electron chi connectivity index (χ0n) is 15.2. The standard InChI is InChI=1S/C20H23FN4O/c1-12(2)25-20(14-8-24(9-14)15-10-26-11-15)6-19(23-25)13-5-16-17(21)3-4-18(16)22-7-13/h3,5-7,12,14-15H,4,8-11H2,1-2H3. The molecule has 26 heavy (non-hydrogen) atoms. The first-order valence-corrected chi connectivity index (χ1v) is 9.36. The Kier molecular flexibility index (Phi) is 3.72. The summed E-state index contributed by atoms with van der Waals surface area (Å²) in [5.41, 5.74) is 4.46. The van der Waals surface area contributed by atoms with Crippen LogP contribution in [0, 0.1) is 0 Å². The minimum atomic E-state index is -0.171. The van der Waals surface area contributed by atoms with Gasteiger partial charge in [-0.25, -0.2) is 4.39 Å². The number of hydrogen-bond donors (Lipinski definition) is 0. The number of nitrogens with zero attached hydrogens (tertiary/aromatic N) is 4. The number of rotatable bonds is 4. The lowest BCUT2D eigenvalue weighted by molar-refractivity contribution is -0.0913. The van der Waals surface area contributed by atoms with Gasteiger partial charge in [0.2, 0.25) is 0 Å². The first-order valence-electron chi connectivity index (χ1n) is 9.36. The summed E-state index contributed by atoms with van der Waals surface area (Å²) in [6.45, 7) is 8.15. The molecular formula is C20H23FN4O. The number of aromatic nitrogens is 3. The fourth-order valence-corrected chi connectivity index (χ4v) is 4.00. The largest absolute Gasteiger partial charge is 0.378 e. The number of ether oxygens (including phenoxy) is 1. The molecule has 0 amide bonds. The van der Waals surface area contributed by atoms with E-state index in [0.717, 1.165) is 43.3 Å². The molecule has 0 bridgehead atoms. The topological polar surface area (TPSA) is 43.2 Å². The second kappa shape index (κ2) is 5.99. The highest BCUT2D eigenvalue weighted by Gasteiger charge is 2.38. The lowest BCUT2D eigenvalue weighted by Gasteiger charge is -2.47. The average molecular weight is 354 g/mol. The maximum absolute atomic E-state index is 14.0. The molecule has 0 N–H and O–H groups in total. The fourth-order valence-electron chi connectivity index (χ4n) is 4.00. The SMILES string of the molecule is CC(C)n1nc(-c2cnc3c(c2)C(F)=CC3)cc1C1CN(C2COC2)C1. The van der Waals surface area contributed by atoms with Crippen molar-refractivity contribution in [2.45, 2.75) is 38.3 Å². The predicted octanol–water partition coefficient (Wildman–Crippen LogP) is 3.19. The monoisotopic (exact) mass is 354 g/mol. The van der Waals surface area contributed by atoms with Crippen LogP contribution in [-0.2, 0) is 11.2 Å². The van der Waals surface area contributed by atoms with Crippen LogP contribution in [0.5, 0.6) is 0 Å². The van der Waals surface area contributed by atoms with E-state index >= 15 is 0 Å². The summed E-state index contributed by atoms with van der Waals surface area (Å²) in [6.07, 6.45) is 3.99. The van der Waals surface area contributed by atoms with E-state index in [4.69, 9.17) is 9.84 Å². The number of pyridine rings is 1. The second-order valence-electron chi connectivity index (χ2n) is 7.81. The van der Waals surface area contributed by atoms with Crippen molar-refractivity contribution in [2.75, 3.05) is 26.3 Å². The molecule has 5 nitrogen and oxygen atoms in total. The maximum Gasteiger partial charge on any atom is 0.128 e. The summed E-state index contributed by atoms with van der Waals surface area (Å²) in [4.78, 5) is 6.93. The molecule has 0 atom stereocenters. The van der Waals surface area contributed by atoms with Crippen molar-refractivity contribution in [3.63, 3.8) is 0 Å². The van der Waals surface area contributed by atoms with E-state index in [1.165, 1.54) is 5.69 Å². The van der Waals surface area contributed by atoms with Crippen molar-refractivity contribution in [1.82, 2.24) is 19.7 Å². The molecule has 0 unspecified atom stereocenters. The Bertz CT molecular complexity index is 878. The smallest absolute Gasteiger partial charge is 0.128 e. The van der Waals surface area contributed by atoms with E-state index < -0.39 is 0 Å². The molecule has 0 saturated carbocycles. The lowest BCUT2D eigenvalue weighted by Crippen LogP contribution is -2.58. The van der Waals surface area contributed by atoms with Crippen molar-refractivity contribution in [3.8, 4) is 11.3 Å². The van der Waals surface area contributed by atoms with Gasteiger partial charge >= 0.3 is 0 Å². The highest BCUT2D eigenvalue weighted by molar-refractivity contribution is 5.71. The van der Waals surface area contributed by atoms with Gasteiger partial charge in [0.15, 0.2) is 0 Å². The zero-order chi connectivity index (χ0) is 17.8. The van der Waals surface area contributed by atoms with Crippen molar-refractivity contribution in [1.29, 1.82) is 0 Å². The van der Waals surface area contributed by atoms with Gasteiger partial charge in [-0.1, -0.05) is 0 Å². The van der Waals surface area contributed by atoms with Crippen LogP contribution >= 0.6 is 0 Å². The molecule has 6 heteroatoms. The van der Waals surface area contributed by atoms with Gasteiger partial charge in [-0.2, -0.15) is 5.10 Å². The van der Waals surface area contributed by atoms with Crippen LogP contribution in [0.25, 0.3) is 17.1 Å². The number of halogens is 1. The van der Waals surface area contributed by atoms with E-state index in [2.05, 4.69) is 34.5 Å². The summed E-state index contributed by atoms with van der Waals surface area (Å²) in [5.74, 6) is 0.327. The van der Waals surface area contributed by atoms with Gasteiger partial charge in [0.25, 0.3) is 0 Å². The zero-order valence-corrected chi connectivity index (χ0v) is 15.2. The highest BCUT2D eigenvalue weighted by Crippen LogP contribution is 2.35. The summed E-state index contributed by atoms with van der Waals surface area (Å²) in [5, 5.41) is 4.83. The van der Waals surface area contributed by atoms with Crippen molar-refractivity contribution < 1.29 is 9.13 Å². The molecule has 2 saturated heterocycles. The van der Waals surface area contributed by atoms with Gasteiger partial charge in [0, 0.05) is 54.5 Å². The van der Waals surface area contributed by atoms with Gasteiger partial charge in [-0.15, -0.1) is 0 Å². The maximum atomic E-state index is 14.0. The first-order chi connectivity index (χ1) is 12.6. The van der Waals surface area contributed by atoms with E-state index in [9.17, 15) is 4.39 Å². The third-order valence-electron chi connectivity index (χ3n) is 5.72. The normalized spacial score (nSPS) is 20.8. The summed E-state index contributed by atoms with van der Waals surface area (Å²) < 4.78 is 21.4. The van der Waals surface area contributed by atoms with Crippen LogP contribution in [0.4, 0.5) is 4.39 Å².